The first-order valence-electron chi connectivity index (χ1n) is 5.64. The molecule has 0 aliphatic rings. The van der Waals surface area contributed by atoms with Crippen LogP contribution in [0.5, 0.6) is 5.75 Å². The number of benzene rings is 1. The standard InChI is InChI=1S/C13H12N2O3/c14-4-6-16-10-2-1-9-7-13(18-12(9)8-10)11-3-5-17-15-11/h1-3,5,7-8H,4,6,14H2. The van der Waals surface area contributed by atoms with Gasteiger partial charge in [-0.05, 0) is 18.2 Å². The Morgan fingerprint density at radius 1 is 1.22 bits per heavy atom. The molecule has 3 rings (SSSR count). The van der Waals surface area contributed by atoms with E-state index in [9.17, 15) is 0 Å². The molecule has 0 amide bonds. The highest BCUT2D eigenvalue weighted by Gasteiger charge is 2.09. The van der Waals surface area contributed by atoms with Crippen molar-refractivity contribution in [1.29, 1.82) is 0 Å². The van der Waals surface area contributed by atoms with Crippen LogP contribution >= 0.6 is 0 Å². The van der Waals surface area contributed by atoms with Crippen LogP contribution in [-0.2, 0) is 0 Å². The number of nitrogens with two attached hydrogens (primary N) is 1. The molecule has 0 atom stereocenters. The van der Waals surface area contributed by atoms with Crippen molar-refractivity contribution < 1.29 is 13.7 Å². The van der Waals surface area contributed by atoms with Crippen molar-refractivity contribution in [3.8, 4) is 17.2 Å². The maximum Gasteiger partial charge on any atom is 0.157 e. The summed E-state index contributed by atoms with van der Waals surface area (Å²) in [6, 6.07) is 9.34. The van der Waals surface area contributed by atoms with Gasteiger partial charge in [0.2, 0.25) is 0 Å². The normalized spacial score (nSPS) is 10.9. The van der Waals surface area contributed by atoms with Gasteiger partial charge in [-0.1, -0.05) is 5.16 Å². The van der Waals surface area contributed by atoms with Crippen LogP contribution in [0.4, 0.5) is 0 Å². The molecule has 92 valence electrons. The predicted octanol–water partition coefficient (Wildman–Crippen LogP) is 2.43. The smallest absolute Gasteiger partial charge is 0.157 e. The lowest BCUT2D eigenvalue weighted by Gasteiger charge is -2.02. The van der Waals surface area contributed by atoms with Crippen molar-refractivity contribution >= 4 is 11.0 Å². The Morgan fingerprint density at radius 2 is 2.17 bits per heavy atom. The fraction of sp³-hybridized carbons (Fsp3) is 0.154. The van der Waals surface area contributed by atoms with E-state index in [1.807, 2.05) is 24.3 Å². The van der Waals surface area contributed by atoms with Crippen molar-refractivity contribution in [2.75, 3.05) is 13.2 Å². The lowest BCUT2D eigenvalue weighted by atomic mass is 10.2. The van der Waals surface area contributed by atoms with Crippen LogP contribution < -0.4 is 10.5 Å². The molecule has 0 fully saturated rings. The Labute approximate surface area is 103 Å². The van der Waals surface area contributed by atoms with Crippen molar-refractivity contribution in [3.63, 3.8) is 0 Å². The van der Waals surface area contributed by atoms with Crippen LogP contribution in [0, 0.1) is 0 Å². The average molecular weight is 244 g/mol. The molecule has 1 aromatic carbocycles. The second-order valence-electron chi connectivity index (χ2n) is 3.83. The minimum Gasteiger partial charge on any atom is -0.492 e. The van der Waals surface area contributed by atoms with Crippen LogP contribution in [-0.4, -0.2) is 18.3 Å². The Kier molecular flexibility index (Phi) is 2.74. The molecule has 0 aliphatic heterocycles. The van der Waals surface area contributed by atoms with Gasteiger partial charge < -0.3 is 19.4 Å². The highest BCUT2D eigenvalue weighted by molar-refractivity contribution is 5.83. The fourth-order valence-corrected chi connectivity index (χ4v) is 1.74. The van der Waals surface area contributed by atoms with E-state index in [-0.39, 0.29) is 0 Å². The highest BCUT2D eigenvalue weighted by atomic mass is 16.5. The van der Waals surface area contributed by atoms with E-state index in [0.29, 0.717) is 24.6 Å². The second kappa shape index (κ2) is 4.54. The molecule has 0 unspecified atom stereocenters. The zero-order chi connectivity index (χ0) is 12.4. The summed E-state index contributed by atoms with van der Waals surface area (Å²) in [4.78, 5) is 0. The van der Waals surface area contributed by atoms with Gasteiger partial charge in [0.05, 0.1) is 0 Å². The molecule has 2 aromatic heterocycles. The zero-order valence-corrected chi connectivity index (χ0v) is 9.63. The fourth-order valence-electron chi connectivity index (χ4n) is 1.74. The third-order valence-corrected chi connectivity index (χ3v) is 2.57. The van der Waals surface area contributed by atoms with E-state index >= 15 is 0 Å². The van der Waals surface area contributed by atoms with Gasteiger partial charge in [0.1, 0.15) is 29.9 Å². The van der Waals surface area contributed by atoms with Crippen LogP contribution in [0.15, 0.2) is 45.5 Å². The summed E-state index contributed by atoms with van der Waals surface area (Å²) < 4.78 is 15.9. The molecule has 2 heterocycles. The van der Waals surface area contributed by atoms with Gasteiger partial charge in [0.25, 0.3) is 0 Å². The molecule has 0 saturated carbocycles. The Hall–Kier alpha value is -2.27. The highest BCUT2D eigenvalue weighted by Crippen LogP contribution is 2.29. The number of ether oxygens (including phenoxy) is 1. The molecule has 0 bridgehead atoms. The number of hydrogen-bond donors (Lipinski definition) is 1. The van der Waals surface area contributed by atoms with Gasteiger partial charge >= 0.3 is 0 Å². The van der Waals surface area contributed by atoms with E-state index in [2.05, 4.69) is 5.16 Å². The van der Waals surface area contributed by atoms with Gasteiger partial charge in [0.15, 0.2) is 5.76 Å². The largest absolute Gasteiger partial charge is 0.492 e. The first kappa shape index (κ1) is 10.9. The Bertz CT molecular complexity index is 643. The monoisotopic (exact) mass is 244 g/mol. The summed E-state index contributed by atoms with van der Waals surface area (Å²) in [5, 5.41) is 4.83. The third kappa shape index (κ3) is 1.96. The lowest BCUT2D eigenvalue weighted by Crippen LogP contribution is -2.10. The molecule has 5 heteroatoms. The van der Waals surface area contributed by atoms with E-state index in [0.717, 1.165) is 16.7 Å². The summed E-state index contributed by atoms with van der Waals surface area (Å²) in [5.74, 6) is 1.42. The van der Waals surface area contributed by atoms with Gasteiger partial charge in [-0.25, -0.2) is 0 Å². The van der Waals surface area contributed by atoms with Crippen molar-refractivity contribution in [2.24, 2.45) is 5.73 Å². The molecule has 5 nitrogen and oxygen atoms in total. The summed E-state index contributed by atoms with van der Waals surface area (Å²) in [6.45, 7) is 0.975. The maximum atomic E-state index is 5.70. The van der Waals surface area contributed by atoms with Crippen LogP contribution in [0.25, 0.3) is 22.4 Å². The van der Waals surface area contributed by atoms with E-state index in [1.165, 1.54) is 6.26 Å². The topological polar surface area (TPSA) is 74.4 Å². The van der Waals surface area contributed by atoms with E-state index in [4.69, 9.17) is 19.4 Å². The maximum absolute atomic E-state index is 5.70. The first-order valence-corrected chi connectivity index (χ1v) is 5.64. The zero-order valence-electron chi connectivity index (χ0n) is 9.63. The van der Waals surface area contributed by atoms with Gasteiger partial charge in [0, 0.05) is 24.1 Å². The predicted molar refractivity (Wildman–Crippen MR) is 66.3 cm³/mol. The number of fused-ring (bicyclic) bond motifs is 1. The van der Waals surface area contributed by atoms with Gasteiger partial charge in [-0.15, -0.1) is 0 Å². The number of nitrogens with zero attached hydrogens (tertiary/aromatic N) is 1. The Balaban J connectivity index is 1.97. The molecule has 3 aromatic rings. The number of hydrogen-bond acceptors (Lipinski definition) is 5. The number of furan rings is 1. The van der Waals surface area contributed by atoms with Gasteiger partial charge in [-0.3, -0.25) is 0 Å². The third-order valence-electron chi connectivity index (χ3n) is 2.57. The number of aromatic nitrogens is 1. The first-order chi connectivity index (χ1) is 8.86. The molecule has 0 aliphatic carbocycles. The molecular weight excluding hydrogens is 232 g/mol. The molecule has 0 saturated heterocycles. The van der Waals surface area contributed by atoms with Crippen molar-refractivity contribution in [3.05, 3.63) is 36.6 Å². The molecule has 18 heavy (non-hydrogen) atoms. The SMILES string of the molecule is NCCOc1ccc2cc(-c3ccon3)oc2c1. The molecule has 2 N–H and O–H groups in total. The van der Waals surface area contributed by atoms with Crippen LogP contribution in [0.2, 0.25) is 0 Å². The minimum atomic E-state index is 0.486. The lowest BCUT2D eigenvalue weighted by molar-refractivity contribution is 0.328. The van der Waals surface area contributed by atoms with Crippen molar-refractivity contribution in [2.45, 2.75) is 0 Å². The molecule has 0 spiro atoms. The molecule has 0 radical (unpaired) electrons. The van der Waals surface area contributed by atoms with E-state index in [1.54, 1.807) is 6.07 Å². The quantitative estimate of drug-likeness (QED) is 0.762. The van der Waals surface area contributed by atoms with Crippen LogP contribution in [0.1, 0.15) is 0 Å². The number of rotatable bonds is 4. The van der Waals surface area contributed by atoms with E-state index < -0.39 is 0 Å². The Morgan fingerprint density at radius 3 is 2.94 bits per heavy atom. The molecular formula is C13H12N2O3. The van der Waals surface area contributed by atoms with Gasteiger partial charge in [-0.2, -0.15) is 0 Å². The summed E-state index contributed by atoms with van der Waals surface area (Å²) in [7, 11) is 0. The summed E-state index contributed by atoms with van der Waals surface area (Å²) >= 11 is 0. The average Bonchev–Trinajstić information content (AvgIpc) is 3.03. The summed E-state index contributed by atoms with van der Waals surface area (Å²) in [6.07, 6.45) is 1.51. The van der Waals surface area contributed by atoms with Crippen LogP contribution in [0.3, 0.4) is 0 Å². The minimum absolute atomic E-state index is 0.486. The second-order valence-corrected chi connectivity index (χ2v) is 3.83. The summed E-state index contributed by atoms with van der Waals surface area (Å²) in [5.41, 5.74) is 6.82. The van der Waals surface area contributed by atoms with Crippen molar-refractivity contribution in [1.82, 2.24) is 5.16 Å².